The van der Waals surface area contributed by atoms with E-state index < -0.39 is 11.9 Å². The topological polar surface area (TPSA) is 88.5 Å². The summed E-state index contributed by atoms with van der Waals surface area (Å²) < 4.78 is 16.0. The number of benzene rings is 2. The SMILES string of the molecule is CCCCN(C=O)CCCC.COc1ccc(C2C(C(=O)O)C(c3ccc4c(c3)OCO4)CN2C)cc1. The molecule has 8 nitrogen and oxygen atoms in total. The number of unbranched alkanes of at least 4 members (excludes halogenated alkanes) is 2. The van der Waals surface area contributed by atoms with Gasteiger partial charge in [0.1, 0.15) is 5.75 Å². The molecule has 2 aromatic carbocycles. The van der Waals surface area contributed by atoms with Gasteiger partial charge in [-0.1, -0.05) is 44.9 Å². The van der Waals surface area contributed by atoms with Crippen LogP contribution in [0.2, 0.25) is 0 Å². The van der Waals surface area contributed by atoms with Gasteiger partial charge in [0.2, 0.25) is 13.2 Å². The highest BCUT2D eigenvalue weighted by Crippen LogP contribution is 2.47. The Balaban J connectivity index is 0.000000295. The summed E-state index contributed by atoms with van der Waals surface area (Å²) in [5.74, 6) is 0.681. The Morgan fingerprint density at radius 1 is 1.05 bits per heavy atom. The van der Waals surface area contributed by atoms with Crippen LogP contribution in [0.4, 0.5) is 0 Å². The third-order valence-corrected chi connectivity index (χ3v) is 7.05. The summed E-state index contributed by atoms with van der Waals surface area (Å²) in [5.41, 5.74) is 1.94. The molecule has 2 heterocycles. The maximum absolute atomic E-state index is 12.2. The van der Waals surface area contributed by atoms with Crippen molar-refractivity contribution in [2.24, 2.45) is 5.92 Å². The van der Waals surface area contributed by atoms with Crippen LogP contribution in [0.5, 0.6) is 17.2 Å². The van der Waals surface area contributed by atoms with Crippen molar-refractivity contribution < 1.29 is 28.9 Å². The van der Waals surface area contributed by atoms with E-state index in [-0.39, 0.29) is 18.8 Å². The summed E-state index contributed by atoms with van der Waals surface area (Å²) in [4.78, 5) is 26.6. The molecule has 2 aliphatic heterocycles. The van der Waals surface area contributed by atoms with Crippen molar-refractivity contribution >= 4 is 12.4 Å². The molecule has 0 spiro atoms. The average molecular weight is 513 g/mol. The van der Waals surface area contributed by atoms with E-state index in [4.69, 9.17) is 14.2 Å². The Hall–Kier alpha value is -3.26. The Bertz CT molecular complexity index is 1000. The van der Waals surface area contributed by atoms with Crippen LogP contribution in [0.1, 0.15) is 62.6 Å². The highest BCUT2D eigenvalue weighted by atomic mass is 16.7. The van der Waals surface area contributed by atoms with Gasteiger partial charge in [0, 0.05) is 31.6 Å². The molecule has 1 amide bonds. The van der Waals surface area contributed by atoms with Crippen LogP contribution in [0.3, 0.4) is 0 Å². The molecule has 1 saturated heterocycles. The summed E-state index contributed by atoms with van der Waals surface area (Å²) in [6, 6.07) is 13.1. The number of carbonyl (C=O) groups is 2. The fourth-order valence-corrected chi connectivity index (χ4v) is 5.00. The number of hydrogen-bond donors (Lipinski definition) is 1. The molecule has 0 radical (unpaired) electrons. The number of likely N-dealkylation sites (N-methyl/N-ethyl adjacent to an activating group) is 1. The van der Waals surface area contributed by atoms with Crippen LogP contribution in [0, 0.1) is 5.92 Å². The maximum Gasteiger partial charge on any atom is 0.309 e. The lowest BCUT2D eigenvalue weighted by atomic mass is 9.83. The normalized spacial score (nSPS) is 20.2. The third-order valence-electron chi connectivity index (χ3n) is 7.05. The zero-order valence-corrected chi connectivity index (χ0v) is 22.4. The van der Waals surface area contributed by atoms with E-state index in [1.54, 1.807) is 7.11 Å². The molecule has 0 saturated carbocycles. The number of aliphatic carboxylic acids is 1. The molecule has 2 aromatic rings. The van der Waals surface area contributed by atoms with Crippen molar-refractivity contribution in [2.45, 2.75) is 51.5 Å². The van der Waals surface area contributed by atoms with E-state index in [2.05, 4.69) is 18.7 Å². The van der Waals surface area contributed by atoms with Crippen molar-refractivity contribution in [3.8, 4) is 17.2 Å². The van der Waals surface area contributed by atoms with Crippen molar-refractivity contribution in [2.75, 3.05) is 40.6 Å². The van der Waals surface area contributed by atoms with Gasteiger partial charge in [-0.3, -0.25) is 14.5 Å². The van der Waals surface area contributed by atoms with Crippen molar-refractivity contribution in [1.29, 1.82) is 0 Å². The largest absolute Gasteiger partial charge is 0.497 e. The number of carboxylic acid groups (broad SMARTS) is 1. The van der Waals surface area contributed by atoms with Gasteiger partial charge in [0.15, 0.2) is 11.5 Å². The molecule has 4 rings (SSSR count). The summed E-state index contributed by atoms with van der Waals surface area (Å²) >= 11 is 0. The van der Waals surface area contributed by atoms with Gasteiger partial charge < -0.3 is 24.2 Å². The van der Waals surface area contributed by atoms with Crippen LogP contribution in [0.25, 0.3) is 0 Å². The standard InChI is InChI=1S/C20H21NO5.C9H19NO/c1-21-10-15(13-5-8-16-17(9-13)26-11-25-16)18(20(22)23)19(21)12-3-6-14(24-2)7-4-12;1-3-5-7-10(9-11)8-6-4-2/h3-9,15,18-19H,10-11H2,1-2H3,(H,22,23);9H,3-8H2,1-2H3. The zero-order chi connectivity index (χ0) is 26.8. The number of rotatable bonds is 11. The lowest BCUT2D eigenvalue weighted by Crippen LogP contribution is -2.26. The van der Waals surface area contributed by atoms with E-state index in [1.165, 1.54) is 0 Å². The van der Waals surface area contributed by atoms with E-state index in [0.29, 0.717) is 18.0 Å². The van der Waals surface area contributed by atoms with Crippen molar-refractivity contribution in [3.63, 3.8) is 0 Å². The molecule has 0 aromatic heterocycles. The van der Waals surface area contributed by atoms with Crippen LogP contribution in [0.15, 0.2) is 42.5 Å². The summed E-state index contributed by atoms with van der Waals surface area (Å²) in [5, 5.41) is 9.98. The van der Waals surface area contributed by atoms with Crippen LogP contribution >= 0.6 is 0 Å². The third kappa shape index (κ3) is 7.16. The quantitative estimate of drug-likeness (QED) is 0.427. The molecule has 37 heavy (non-hydrogen) atoms. The fraction of sp³-hybridized carbons (Fsp3) is 0.517. The van der Waals surface area contributed by atoms with Crippen molar-refractivity contribution in [3.05, 3.63) is 53.6 Å². The van der Waals surface area contributed by atoms with Crippen LogP contribution in [-0.4, -0.2) is 67.9 Å². The number of fused-ring (bicyclic) bond motifs is 1. The number of ether oxygens (including phenoxy) is 3. The molecule has 1 N–H and O–H groups in total. The number of carbonyl (C=O) groups excluding carboxylic acids is 1. The van der Waals surface area contributed by atoms with Gasteiger partial charge in [0.25, 0.3) is 0 Å². The number of methoxy groups -OCH3 is 1. The van der Waals surface area contributed by atoms with Crippen LogP contribution < -0.4 is 14.2 Å². The molecular formula is C29H40N2O6. The lowest BCUT2D eigenvalue weighted by Gasteiger charge is -2.24. The second-order valence-electron chi connectivity index (χ2n) is 9.59. The monoisotopic (exact) mass is 512 g/mol. The number of hydrogen-bond acceptors (Lipinski definition) is 6. The molecule has 202 valence electrons. The van der Waals surface area contributed by atoms with E-state index in [1.807, 2.05) is 54.4 Å². The first-order valence-corrected chi connectivity index (χ1v) is 13.1. The minimum atomic E-state index is -0.794. The predicted octanol–water partition coefficient (Wildman–Crippen LogP) is 4.94. The molecular weight excluding hydrogens is 472 g/mol. The smallest absolute Gasteiger partial charge is 0.309 e. The van der Waals surface area contributed by atoms with E-state index >= 15 is 0 Å². The second-order valence-corrected chi connectivity index (χ2v) is 9.59. The molecule has 3 unspecified atom stereocenters. The molecule has 8 heteroatoms. The van der Waals surface area contributed by atoms with Crippen LogP contribution in [-0.2, 0) is 9.59 Å². The Morgan fingerprint density at radius 2 is 1.68 bits per heavy atom. The maximum atomic E-state index is 12.2. The number of nitrogens with zero attached hydrogens (tertiary/aromatic N) is 2. The molecule has 1 fully saturated rings. The summed E-state index contributed by atoms with van der Waals surface area (Å²) in [6.45, 7) is 7.01. The highest BCUT2D eigenvalue weighted by molar-refractivity contribution is 5.74. The fourth-order valence-electron chi connectivity index (χ4n) is 5.00. The Kier molecular flexibility index (Phi) is 10.6. The van der Waals surface area contributed by atoms with Gasteiger partial charge in [-0.25, -0.2) is 0 Å². The lowest BCUT2D eigenvalue weighted by molar-refractivity contribution is -0.143. The molecule has 2 aliphatic rings. The number of amides is 1. The second kappa shape index (κ2) is 13.9. The van der Waals surface area contributed by atoms with Crippen molar-refractivity contribution in [1.82, 2.24) is 9.80 Å². The van der Waals surface area contributed by atoms with Gasteiger partial charge in [0.05, 0.1) is 13.0 Å². The number of carboxylic acids is 1. The highest BCUT2D eigenvalue weighted by Gasteiger charge is 2.46. The minimum absolute atomic E-state index is 0.126. The van der Waals surface area contributed by atoms with Gasteiger partial charge in [-0.15, -0.1) is 0 Å². The zero-order valence-electron chi connectivity index (χ0n) is 22.4. The van der Waals surface area contributed by atoms with E-state index in [0.717, 1.165) is 62.1 Å². The number of likely N-dealkylation sites (tertiary alicyclic amines) is 1. The molecule has 0 aliphatic carbocycles. The predicted molar refractivity (Wildman–Crippen MR) is 142 cm³/mol. The Morgan fingerprint density at radius 3 is 2.24 bits per heavy atom. The average Bonchev–Trinajstić information content (AvgIpc) is 3.53. The van der Waals surface area contributed by atoms with Gasteiger partial charge in [-0.05, 0) is 55.3 Å². The Labute approximate surface area is 220 Å². The summed E-state index contributed by atoms with van der Waals surface area (Å²) in [7, 11) is 3.59. The first kappa shape index (κ1) is 28.3. The van der Waals surface area contributed by atoms with Gasteiger partial charge >= 0.3 is 5.97 Å². The minimum Gasteiger partial charge on any atom is -0.497 e. The van der Waals surface area contributed by atoms with E-state index in [9.17, 15) is 14.7 Å². The first-order chi connectivity index (χ1) is 17.9. The summed E-state index contributed by atoms with van der Waals surface area (Å²) in [6.07, 6.45) is 5.54. The van der Waals surface area contributed by atoms with Gasteiger partial charge in [-0.2, -0.15) is 0 Å². The first-order valence-electron chi connectivity index (χ1n) is 13.1. The molecule has 0 bridgehead atoms. The molecule has 3 atom stereocenters.